The first-order valence-corrected chi connectivity index (χ1v) is 5.52. The van der Waals surface area contributed by atoms with Crippen LogP contribution in [-0.2, 0) is 11.3 Å². The Morgan fingerprint density at radius 1 is 1.44 bits per heavy atom. The van der Waals surface area contributed by atoms with Crippen molar-refractivity contribution in [3.8, 4) is 0 Å². The van der Waals surface area contributed by atoms with Gasteiger partial charge in [-0.05, 0) is 31.5 Å². The molecule has 0 saturated carbocycles. The molecule has 0 aliphatic carbocycles. The summed E-state index contributed by atoms with van der Waals surface area (Å²) in [5.41, 5.74) is 0.752. The summed E-state index contributed by atoms with van der Waals surface area (Å²) in [5, 5.41) is 3.39. The monoisotopic (exact) mass is 245 g/mol. The van der Waals surface area contributed by atoms with Crippen LogP contribution in [0.15, 0.2) is 18.2 Å². The van der Waals surface area contributed by atoms with Gasteiger partial charge in [-0.2, -0.15) is 0 Å². The molecule has 0 heterocycles. The minimum Gasteiger partial charge on any atom is -0.377 e. The molecule has 0 aromatic heterocycles. The van der Waals surface area contributed by atoms with E-state index >= 15 is 0 Å². The van der Waals surface area contributed by atoms with E-state index in [-0.39, 0.29) is 16.4 Å². The Hall–Kier alpha value is -0.640. The Morgan fingerprint density at radius 2 is 2.12 bits per heavy atom. The third-order valence-electron chi connectivity index (χ3n) is 2.42. The van der Waals surface area contributed by atoms with Crippen molar-refractivity contribution in [3.05, 3.63) is 34.6 Å². The van der Waals surface area contributed by atoms with Crippen LogP contribution in [0.25, 0.3) is 0 Å². The normalized spacial score (nSPS) is 11.8. The summed E-state index contributed by atoms with van der Waals surface area (Å²) in [7, 11) is 1.68. The van der Waals surface area contributed by atoms with Gasteiger partial charge in [0.15, 0.2) is 0 Å². The van der Waals surface area contributed by atoms with Crippen LogP contribution < -0.4 is 5.32 Å². The number of nitrogens with one attached hydrogen (secondary N) is 1. The van der Waals surface area contributed by atoms with Crippen molar-refractivity contribution in [1.82, 2.24) is 5.32 Å². The Kier molecular flexibility index (Phi) is 4.71. The van der Waals surface area contributed by atoms with Crippen LogP contribution in [-0.4, -0.2) is 19.3 Å². The summed E-state index contributed by atoms with van der Waals surface area (Å²) < 4.78 is 18.2. The fourth-order valence-corrected chi connectivity index (χ4v) is 1.43. The molecule has 0 saturated heterocycles. The van der Waals surface area contributed by atoms with E-state index in [4.69, 9.17) is 16.3 Å². The molecule has 16 heavy (non-hydrogen) atoms. The standard InChI is InChI=1S/C12H17ClFNO/c1-12(2,16-3)8-15-7-9-4-5-11(14)10(13)6-9/h4-6,15H,7-8H2,1-3H3. The zero-order valence-corrected chi connectivity index (χ0v) is 10.6. The minimum atomic E-state index is -0.386. The van der Waals surface area contributed by atoms with Crippen molar-refractivity contribution in [3.63, 3.8) is 0 Å². The Balaban J connectivity index is 2.46. The van der Waals surface area contributed by atoms with Crippen molar-refractivity contribution in [2.45, 2.75) is 26.0 Å². The summed E-state index contributed by atoms with van der Waals surface area (Å²) in [5.74, 6) is -0.386. The number of methoxy groups -OCH3 is 1. The number of hydrogen-bond donors (Lipinski definition) is 1. The van der Waals surface area contributed by atoms with E-state index in [2.05, 4.69) is 5.32 Å². The molecule has 0 spiro atoms. The Bertz CT molecular complexity index is 355. The zero-order valence-electron chi connectivity index (χ0n) is 9.81. The molecule has 0 aliphatic rings. The summed E-state index contributed by atoms with van der Waals surface area (Å²) in [6, 6.07) is 4.72. The van der Waals surface area contributed by atoms with Crippen LogP contribution in [0, 0.1) is 5.82 Å². The van der Waals surface area contributed by atoms with Gasteiger partial charge in [0.2, 0.25) is 0 Å². The van der Waals surface area contributed by atoms with Gasteiger partial charge >= 0.3 is 0 Å². The maximum absolute atomic E-state index is 12.9. The predicted octanol–water partition coefficient (Wildman–Crippen LogP) is 2.99. The average molecular weight is 246 g/mol. The molecule has 4 heteroatoms. The summed E-state index contributed by atoms with van der Waals surface area (Å²) in [4.78, 5) is 0. The fourth-order valence-electron chi connectivity index (χ4n) is 1.23. The number of hydrogen-bond acceptors (Lipinski definition) is 2. The molecule has 0 radical (unpaired) electrons. The van der Waals surface area contributed by atoms with Crippen LogP contribution >= 0.6 is 11.6 Å². The van der Waals surface area contributed by atoms with Crippen molar-refractivity contribution in [2.24, 2.45) is 0 Å². The van der Waals surface area contributed by atoms with Crippen LogP contribution in [0.4, 0.5) is 4.39 Å². The van der Waals surface area contributed by atoms with Crippen LogP contribution in [0.5, 0.6) is 0 Å². The second kappa shape index (κ2) is 5.62. The van der Waals surface area contributed by atoms with E-state index in [1.165, 1.54) is 6.07 Å². The van der Waals surface area contributed by atoms with Gasteiger partial charge in [0.25, 0.3) is 0 Å². The van der Waals surface area contributed by atoms with Gasteiger partial charge in [0.1, 0.15) is 5.82 Å². The highest BCUT2D eigenvalue weighted by molar-refractivity contribution is 6.30. The van der Waals surface area contributed by atoms with E-state index in [0.717, 1.165) is 12.1 Å². The number of ether oxygens (including phenoxy) is 1. The fraction of sp³-hybridized carbons (Fsp3) is 0.500. The average Bonchev–Trinajstić information content (AvgIpc) is 2.23. The zero-order chi connectivity index (χ0) is 12.2. The van der Waals surface area contributed by atoms with Crippen molar-refractivity contribution in [1.29, 1.82) is 0 Å². The maximum atomic E-state index is 12.9. The lowest BCUT2D eigenvalue weighted by Crippen LogP contribution is -2.36. The Morgan fingerprint density at radius 3 is 2.69 bits per heavy atom. The summed E-state index contributed by atoms with van der Waals surface area (Å²) in [6.07, 6.45) is 0. The second-order valence-electron chi connectivity index (χ2n) is 4.32. The van der Waals surface area contributed by atoms with Crippen molar-refractivity contribution >= 4 is 11.6 Å². The SMILES string of the molecule is COC(C)(C)CNCc1ccc(F)c(Cl)c1. The smallest absolute Gasteiger partial charge is 0.141 e. The highest BCUT2D eigenvalue weighted by Crippen LogP contribution is 2.16. The molecule has 90 valence electrons. The predicted molar refractivity (Wildman–Crippen MR) is 64.2 cm³/mol. The van der Waals surface area contributed by atoms with Gasteiger partial charge in [-0.15, -0.1) is 0 Å². The third-order valence-corrected chi connectivity index (χ3v) is 2.71. The lowest BCUT2D eigenvalue weighted by Gasteiger charge is -2.23. The highest BCUT2D eigenvalue weighted by atomic mass is 35.5. The molecule has 1 rings (SSSR count). The molecule has 0 aliphatic heterocycles. The van der Waals surface area contributed by atoms with Gasteiger partial charge in [-0.3, -0.25) is 0 Å². The number of benzene rings is 1. The van der Waals surface area contributed by atoms with Crippen molar-refractivity contribution < 1.29 is 9.13 Å². The molecule has 0 amide bonds. The number of rotatable bonds is 5. The van der Waals surface area contributed by atoms with E-state index < -0.39 is 0 Å². The van der Waals surface area contributed by atoms with Gasteiger partial charge in [0, 0.05) is 20.2 Å². The molecule has 2 nitrogen and oxygen atoms in total. The van der Waals surface area contributed by atoms with E-state index in [1.807, 2.05) is 13.8 Å². The molecular weight excluding hydrogens is 229 g/mol. The number of halogens is 2. The Labute approximate surface area is 101 Å². The van der Waals surface area contributed by atoms with Crippen molar-refractivity contribution in [2.75, 3.05) is 13.7 Å². The van der Waals surface area contributed by atoms with Gasteiger partial charge in [0.05, 0.1) is 10.6 Å². The van der Waals surface area contributed by atoms with E-state index in [0.29, 0.717) is 6.54 Å². The molecule has 0 atom stereocenters. The first-order valence-electron chi connectivity index (χ1n) is 5.14. The molecular formula is C12H17ClFNO. The minimum absolute atomic E-state index is 0.158. The topological polar surface area (TPSA) is 21.3 Å². The van der Waals surface area contributed by atoms with Gasteiger partial charge in [-0.1, -0.05) is 17.7 Å². The largest absolute Gasteiger partial charge is 0.377 e. The molecule has 0 unspecified atom stereocenters. The molecule has 0 bridgehead atoms. The van der Waals surface area contributed by atoms with Gasteiger partial charge in [-0.25, -0.2) is 4.39 Å². The summed E-state index contributed by atoms with van der Waals surface area (Å²) in [6.45, 7) is 5.36. The molecule has 1 N–H and O–H groups in total. The quantitative estimate of drug-likeness (QED) is 0.861. The lowest BCUT2D eigenvalue weighted by atomic mass is 10.1. The van der Waals surface area contributed by atoms with Crippen LogP contribution in [0.1, 0.15) is 19.4 Å². The van der Waals surface area contributed by atoms with Crippen LogP contribution in [0.3, 0.4) is 0 Å². The molecule has 1 aromatic carbocycles. The van der Waals surface area contributed by atoms with Gasteiger partial charge < -0.3 is 10.1 Å². The first kappa shape index (κ1) is 13.4. The van der Waals surface area contributed by atoms with E-state index in [9.17, 15) is 4.39 Å². The molecule has 0 fully saturated rings. The third kappa shape index (κ3) is 4.08. The highest BCUT2D eigenvalue weighted by Gasteiger charge is 2.15. The first-order chi connectivity index (χ1) is 7.44. The lowest BCUT2D eigenvalue weighted by molar-refractivity contribution is 0.0230. The second-order valence-corrected chi connectivity index (χ2v) is 4.72. The summed E-state index contributed by atoms with van der Waals surface area (Å²) >= 11 is 5.68. The van der Waals surface area contributed by atoms with Crippen LogP contribution in [0.2, 0.25) is 5.02 Å². The maximum Gasteiger partial charge on any atom is 0.141 e. The van der Waals surface area contributed by atoms with E-state index in [1.54, 1.807) is 19.2 Å². The molecule has 1 aromatic rings.